The van der Waals surface area contributed by atoms with Crippen molar-refractivity contribution in [1.29, 1.82) is 0 Å². The minimum absolute atomic E-state index is 0.359. The Morgan fingerprint density at radius 1 is 0.941 bits per heavy atom. The number of hydrogen-bond donors (Lipinski definition) is 0. The van der Waals surface area contributed by atoms with Gasteiger partial charge in [-0.25, -0.2) is 0 Å². The molecular weight excluding hydrogens is 208 g/mol. The first-order chi connectivity index (χ1) is 8.22. The summed E-state index contributed by atoms with van der Waals surface area (Å²) < 4.78 is 0. The molecule has 0 N–H and O–H groups in total. The van der Waals surface area contributed by atoms with Gasteiger partial charge in [-0.3, -0.25) is 0 Å². The average Bonchev–Trinajstić information content (AvgIpc) is 2.41. The lowest BCUT2D eigenvalue weighted by Gasteiger charge is -2.27. The highest BCUT2D eigenvalue weighted by Crippen LogP contribution is 2.32. The summed E-state index contributed by atoms with van der Waals surface area (Å²) in [6.45, 7) is 12.0. The summed E-state index contributed by atoms with van der Waals surface area (Å²) in [7, 11) is 0. The van der Waals surface area contributed by atoms with Crippen LogP contribution in [0.25, 0.3) is 0 Å². The monoisotopic (exact) mass is 242 g/mol. The van der Waals surface area contributed by atoms with Gasteiger partial charge in [0.15, 0.2) is 0 Å². The maximum Gasteiger partial charge on any atom is 0.129 e. The Balaban J connectivity index is 0. The molecule has 0 spiro atoms. The zero-order valence-corrected chi connectivity index (χ0v) is 13.0. The topological polar surface area (TPSA) is 17.1 Å². The Morgan fingerprint density at radius 3 is 1.71 bits per heavy atom. The van der Waals surface area contributed by atoms with E-state index >= 15 is 0 Å². The number of Topliss-reactive ketones (excluding diaryl/α,β-unsaturated/α-hetero) is 1. The lowest BCUT2D eigenvalue weighted by Crippen LogP contribution is -2.14. The van der Waals surface area contributed by atoms with Crippen LogP contribution in [0.4, 0.5) is 0 Å². The summed E-state index contributed by atoms with van der Waals surface area (Å²) in [6, 6.07) is 0. The molecule has 0 aliphatic heterocycles. The van der Waals surface area contributed by atoms with Crippen LogP contribution in [0.1, 0.15) is 86.5 Å². The van der Waals surface area contributed by atoms with E-state index in [-0.39, 0.29) is 0 Å². The molecule has 0 aromatic heterocycles. The standard InChI is InChI=1S/C12H22O.2C2H6/c1-3-11-6-8-12(9-7-11)5-4-10(2)13;2*1-2/h11-12H,3-9H2,1-2H3;2*1-2H3. The third-order valence-corrected chi connectivity index (χ3v) is 3.45. The van der Waals surface area contributed by atoms with Gasteiger partial charge in [-0.2, -0.15) is 0 Å². The quantitative estimate of drug-likeness (QED) is 0.625. The highest BCUT2D eigenvalue weighted by atomic mass is 16.1. The zero-order chi connectivity index (χ0) is 13.7. The number of hydrogen-bond acceptors (Lipinski definition) is 1. The highest BCUT2D eigenvalue weighted by Gasteiger charge is 2.19. The molecule has 1 heteroatoms. The summed E-state index contributed by atoms with van der Waals surface area (Å²) in [5.74, 6) is 2.19. The molecule has 0 aromatic carbocycles. The Hall–Kier alpha value is -0.330. The molecule has 0 heterocycles. The number of rotatable bonds is 4. The van der Waals surface area contributed by atoms with Gasteiger partial charge in [-0.1, -0.05) is 66.7 Å². The summed E-state index contributed by atoms with van der Waals surface area (Å²) in [5, 5.41) is 0. The molecule has 1 aliphatic carbocycles. The molecule has 17 heavy (non-hydrogen) atoms. The largest absolute Gasteiger partial charge is 0.300 e. The van der Waals surface area contributed by atoms with Crippen LogP contribution in [0, 0.1) is 11.8 Å². The van der Waals surface area contributed by atoms with Crippen molar-refractivity contribution >= 4 is 5.78 Å². The van der Waals surface area contributed by atoms with E-state index in [1.165, 1.54) is 32.1 Å². The third-order valence-electron chi connectivity index (χ3n) is 3.45. The van der Waals surface area contributed by atoms with Crippen molar-refractivity contribution in [2.24, 2.45) is 11.8 Å². The summed E-state index contributed by atoms with van der Waals surface area (Å²) in [6.07, 6.45) is 8.84. The summed E-state index contributed by atoms with van der Waals surface area (Å²) >= 11 is 0. The Morgan fingerprint density at radius 2 is 1.35 bits per heavy atom. The molecule has 1 nitrogen and oxygen atoms in total. The van der Waals surface area contributed by atoms with Gasteiger partial charge in [0, 0.05) is 6.42 Å². The zero-order valence-electron chi connectivity index (χ0n) is 13.0. The second-order valence-corrected chi connectivity index (χ2v) is 4.54. The van der Waals surface area contributed by atoms with Gasteiger partial charge < -0.3 is 4.79 Å². The molecule has 0 atom stereocenters. The van der Waals surface area contributed by atoms with Crippen LogP contribution < -0.4 is 0 Å². The van der Waals surface area contributed by atoms with Crippen molar-refractivity contribution in [3.63, 3.8) is 0 Å². The first-order valence-electron chi connectivity index (χ1n) is 7.71. The maximum absolute atomic E-state index is 10.8. The lowest BCUT2D eigenvalue weighted by atomic mass is 9.79. The van der Waals surface area contributed by atoms with Crippen molar-refractivity contribution in [2.75, 3.05) is 0 Å². The van der Waals surface area contributed by atoms with Gasteiger partial charge in [0.05, 0.1) is 0 Å². The van der Waals surface area contributed by atoms with Gasteiger partial charge in [-0.05, 0) is 25.2 Å². The van der Waals surface area contributed by atoms with Crippen LogP contribution in [0.2, 0.25) is 0 Å². The van der Waals surface area contributed by atoms with E-state index < -0.39 is 0 Å². The smallest absolute Gasteiger partial charge is 0.129 e. The molecule has 1 fully saturated rings. The van der Waals surface area contributed by atoms with E-state index in [1.807, 2.05) is 27.7 Å². The maximum atomic E-state index is 10.8. The van der Waals surface area contributed by atoms with E-state index in [9.17, 15) is 4.79 Å². The fourth-order valence-electron chi connectivity index (χ4n) is 2.34. The molecule has 1 rings (SSSR count). The highest BCUT2D eigenvalue weighted by molar-refractivity contribution is 5.75. The van der Waals surface area contributed by atoms with Crippen LogP contribution in [-0.4, -0.2) is 5.78 Å². The normalized spacial score (nSPS) is 22.7. The van der Waals surface area contributed by atoms with Crippen molar-refractivity contribution in [3.8, 4) is 0 Å². The molecule has 1 saturated carbocycles. The second-order valence-electron chi connectivity index (χ2n) is 4.54. The molecule has 0 radical (unpaired) electrons. The number of carbonyl (C=O) groups is 1. The van der Waals surface area contributed by atoms with E-state index in [0.717, 1.165) is 24.7 Å². The Kier molecular flexibility index (Phi) is 15.4. The number of ketones is 1. The van der Waals surface area contributed by atoms with Crippen LogP contribution >= 0.6 is 0 Å². The van der Waals surface area contributed by atoms with E-state index in [0.29, 0.717) is 5.78 Å². The predicted octanol–water partition coefficient (Wildman–Crippen LogP) is 5.62. The Labute approximate surface area is 109 Å². The van der Waals surface area contributed by atoms with Gasteiger partial charge in [0.1, 0.15) is 5.78 Å². The van der Waals surface area contributed by atoms with Crippen molar-refractivity contribution in [3.05, 3.63) is 0 Å². The van der Waals surface area contributed by atoms with Gasteiger partial charge in [0.2, 0.25) is 0 Å². The molecule has 0 amide bonds. The summed E-state index contributed by atoms with van der Waals surface area (Å²) in [4.78, 5) is 10.8. The number of carbonyl (C=O) groups excluding carboxylic acids is 1. The molecule has 104 valence electrons. The first kappa shape index (κ1) is 19.0. The van der Waals surface area contributed by atoms with E-state index in [1.54, 1.807) is 6.92 Å². The van der Waals surface area contributed by atoms with Crippen molar-refractivity contribution in [2.45, 2.75) is 86.5 Å². The molecule has 0 unspecified atom stereocenters. The third kappa shape index (κ3) is 10.5. The van der Waals surface area contributed by atoms with Crippen LogP contribution in [0.5, 0.6) is 0 Å². The average molecular weight is 242 g/mol. The molecule has 0 bridgehead atoms. The van der Waals surface area contributed by atoms with Crippen molar-refractivity contribution < 1.29 is 4.79 Å². The molecular formula is C16H34O. The van der Waals surface area contributed by atoms with Crippen LogP contribution in [-0.2, 0) is 4.79 Å². The fourth-order valence-corrected chi connectivity index (χ4v) is 2.34. The fraction of sp³-hybridized carbons (Fsp3) is 0.938. The predicted molar refractivity (Wildman–Crippen MR) is 78.4 cm³/mol. The van der Waals surface area contributed by atoms with Crippen LogP contribution in [0.15, 0.2) is 0 Å². The minimum Gasteiger partial charge on any atom is -0.300 e. The van der Waals surface area contributed by atoms with Gasteiger partial charge in [0.25, 0.3) is 0 Å². The molecule has 1 aliphatic rings. The first-order valence-corrected chi connectivity index (χ1v) is 7.71. The Bertz CT molecular complexity index is 155. The van der Waals surface area contributed by atoms with Crippen LogP contribution in [0.3, 0.4) is 0 Å². The van der Waals surface area contributed by atoms with E-state index in [2.05, 4.69) is 6.92 Å². The molecule has 0 saturated heterocycles. The second kappa shape index (κ2) is 13.7. The lowest BCUT2D eigenvalue weighted by molar-refractivity contribution is -0.117. The van der Waals surface area contributed by atoms with Gasteiger partial charge in [-0.15, -0.1) is 0 Å². The summed E-state index contributed by atoms with van der Waals surface area (Å²) in [5.41, 5.74) is 0. The van der Waals surface area contributed by atoms with Crippen molar-refractivity contribution in [1.82, 2.24) is 0 Å². The van der Waals surface area contributed by atoms with Gasteiger partial charge >= 0.3 is 0 Å². The van der Waals surface area contributed by atoms with E-state index in [4.69, 9.17) is 0 Å². The SMILES string of the molecule is CC.CC.CCC1CCC(CCC(C)=O)CC1. The minimum atomic E-state index is 0.359. The molecule has 0 aromatic rings.